The van der Waals surface area contributed by atoms with Gasteiger partial charge in [0, 0.05) is 64.0 Å². The summed E-state index contributed by atoms with van der Waals surface area (Å²) in [6.45, 7) is 0.796. The van der Waals surface area contributed by atoms with Crippen LogP contribution in [-0.2, 0) is 67.1 Å². The molecular formula is C55H84N19O18+. The Kier molecular flexibility index (Phi) is 27.3. The molecule has 0 spiro atoms. The number of aliphatic hydroxyl groups excluding tert-OH is 3. The minimum absolute atomic E-state index is 0.00183. The van der Waals surface area contributed by atoms with Gasteiger partial charge in [-0.1, -0.05) is 0 Å². The van der Waals surface area contributed by atoms with Gasteiger partial charge in [0.25, 0.3) is 11.8 Å². The molecular weight excluding hydrogens is 1210 g/mol. The summed E-state index contributed by atoms with van der Waals surface area (Å²) in [5.74, 6) is -12.8. The van der Waals surface area contributed by atoms with E-state index in [2.05, 4.69) is 63.5 Å². The molecule has 0 aromatic carbocycles. The molecule has 1 aliphatic carbocycles. The quantitative estimate of drug-likeness (QED) is 0.0165. The van der Waals surface area contributed by atoms with Gasteiger partial charge in [0.05, 0.1) is 32.2 Å². The minimum atomic E-state index is -2.09. The number of hydrogen-bond donors (Lipinski definition) is 20. The van der Waals surface area contributed by atoms with Crippen LogP contribution in [-0.4, -0.2) is 232 Å². The normalized spacial score (nSPS) is 21.1. The number of amides is 14. The molecule has 0 aromatic heterocycles. The highest BCUT2D eigenvalue weighted by Crippen LogP contribution is 2.25. The Labute approximate surface area is 527 Å². The monoisotopic (exact) mass is 1300 g/mol. The summed E-state index contributed by atoms with van der Waals surface area (Å²) >= 11 is 0. The molecule has 0 radical (unpaired) electrons. The van der Waals surface area contributed by atoms with E-state index >= 15 is 0 Å². The number of piperidine rings is 1. The van der Waals surface area contributed by atoms with Crippen molar-refractivity contribution < 1.29 is 92.6 Å². The predicted molar refractivity (Wildman–Crippen MR) is 319 cm³/mol. The molecule has 5 rings (SSSR count). The number of aliphatic imine (C=N–C) groups is 1. The van der Waals surface area contributed by atoms with Gasteiger partial charge in [0.1, 0.15) is 59.9 Å². The number of primary amides is 3. The van der Waals surface area contributed by atoms with Crippen molar-refractivity contribution in [3.05, 3.63) is 46.8 Å². The molecule has 2 saturated heterocycles. The van der Waals surface area contributed by atoms with E-state index in [4.69, 9.17) is 22.9 Å². The molecule has 0 saturated carbocycles. The lowest BCUT2D eigenvalue weighted by molar-refractivity contribution is -0.900. The van der Waals surface area contributed by atoms with Crippen molar-refractivity contribution in [1.82, 2.24) is 68.4 Å². The second-order valence-electron chi connectivity index (χ2n) is 22.5. The fraction of sp³-hybridized carbons (Fsp3) is 0.582. The number of aliphatic hydroxyl groups is 3. The Morgan fingerprint density at radius 1 is 0.750 bits per heavy atom. The first-order valence-electron chi connectivity index (χ1n) is 29.8. The van der Waals surface area contributed by atoms with Crippen LogP contribution in [0.5, 0.6) is 0 Å². The average molecular weight is 1300 g/mol. The lowest BCUT2D eigenvalue weighted by atomic mass is 9.90. The Morgan fingerprint density at radius 3 is 2.13 bits per heavy atom. The Hall–Kier alpha value is -9.75. The van der Waals surface area contributed by atoms with E-state index in [0.717, 1.165) is 0 Å². The summed E-state index contributed by atoms with van der Waals surface area (Å²) in [6, 6.07) is -12.5. The number of hydroxylamine groups is 2. The van der Waals surface area contributed by atoms with Crippen molar-refractivity contribution in [2.45, 2.75) is 151 Å². The van der Waals surface area contributed by atoms with E-state index in [0.29, 0.717) is 48.5 Å². The van der Waals surface area contributed by atoms with Gasteiger partial charge in [-0.15, -0.1) is 0 Å². The standard InChI is InChI=1S/C55H83N19O18/c1-26(49(85)70-32-8-6-18-72(3)55(32)91)64-52(88)34(25-75)71-51(87)31-13-16-60-46(67-31)29(9-10-40(57)78)68-54(90)37(22-42(59)80)74(92)45(83)24-62-44(82)23-63-50(86)30(7-4-5-15-56)69-48(84)27(2)65-53(89)35-14-17-61-47-33(66-43(81)12-11-41(58)79)19-28-20-38(76)39(77)21-36(28)73(35)47/h19-21,26-27,29-32,34-37,61,75-77,92H,4-18,22-25,56H2,1-3H3,(H2,57,78)(H2,58,79)(H2,59,80)(H,60,67)(H,62,82)(H,63,86)(H,64,88)(H,65,89)(H,66,81)(H,68,90)(H,69,84)(H,70,85)(H,71,87)/p+1/t26-,27-,29-,30-,31?,32+,34+,35+,36?,37+/m1/s1. The minimum Gasteiger partial charge on any atom is -0.504 e. The Morgan fingerprint density at radius 2 is 1.46 bits per heavy atom. The number of carbonyl (C=O) groups excluding carboxylic acids is 14. The van der Waals surface area contributed by atoms with Crippen LogP contribution in [0.3, 0.4) is 0 Å². The lowest BCUT2D eigenvalue weighted by Crippen LogP contribution is -3.21. The lowest BCUT2D eigenvalue weighted by Gasteiger charge is -2.41. The predicted octanol–water partition coefficient (Wildman–Crippen LogP) is -9.97. The molecule has 24 N–H and O–H groups in total. The SMILES string of the molecule is C[C@@H](NC(=O)[C@H](CO)NC(=O)C1CCN=C([C@@H](CCC(N)=O)NC(=O)[C@H](CC(N)=O)N(O)C(=O)CNC(=O)CNC(=O)[C@@H](CCCCN)NC(=O)[C@@H](C)NC(=O)[C@@H]2CCNC3=C(NC(=O)CCC(N)=O)C=C4C=C(O)C(O)=CC4[NH+]32)N1)C(=O)N[C@H]1CCCN(C)C1=O. The third-order valence-electron chi connectivity index (χ3n) is 15.4. The van der Waals surface area contributed by atoms with Gasteiger partial charge in [-0.25, -0.2) is 5.06 Å². The molecule has 4 heterocycles. The molecule has 37 heteroatoms. The largest absolute Gasteiger partial charge is 0.504 e. The first-order valence-corrected chi connectivity index (χ1v) is 29.8. The topological polar surface area (TPSA) is 580 Å². The van der Waals surface area contributed by atoms with Crippen LogP contribution < -0.4 is 86.3 Å². The third kappa shape index (κ3) is 20.9. The molecule has 14 amide bonds. The molecule has 506 valence electrons. The maximum atomic E-state index is 14.1. The molecule has 0 aromatic rings. The van der Waals surface area contributed by atoms with Crippen molar-refractivity contribution >= 4 is 88.5 Å². The third-order valence-corrected chi connectivity index (χ3v) is 15.4. The second-order valence-corrected chi connectivity index (χ2v) is 22.5. The Balaban J connectivity index is 1.16. The number of amidine groups is 1. The van der Waals surface area contributed by atoms with Crippen molar-refractivity contribution in [3.63, 3.8) is 0 Å². The Bertz CT molecular complexity index is 3020. The molecule has 2 fully saturated rings. The number of nitrogens with zero attached hydrogens (tertiary/aromatic N) is 3. The number of nitrogens with two attached hydrogens (primary N) is 4. The van der Waals surface area contributed by atoms with Gasteiger partial charge in [0.15, 0.2) is 17.6 Å². The molecule has 37 nitrogen and oxygen atoms in total. The number of rotatable bonds is 33. The number of hydrogen-bond acceptors (Lipinski definition) is 22. The zero-order chi connectivity index (χ0) is 68.1. The maximum Gasteiger partial charge on any atom is 0.279 e. The van der Waals surface area contributed by atoms with Crippen molar-refractivity contribution in [2.75, 3.05) is 52.9 Å². The summed E-state index contributed by atoms with van der Waals surface area (Å²) in [5, 5.41) is 69.9. The fourth-order valence-corrected chi connectivity index (χ4v) is 10.4. The van der Waals surface area contributed by atoms with Gasteiger partial charge >= 0.3 is 0 Å². The van der Waals surface area contributed by atoms with Gasteiger partial charge in [-0.05, 0) is 77.5 Å². The van der Waals surface area contributed by atoms with Crippen LogP contribution in [0, 0.1) is 0 Å². The summed E-state index contributed by atoms with van der Waals surface area (Å²) in [4.78, 5) is 188. The van der Waals surface area contributed by atoms with Crippen LogP contribution in [0.25, 0.3) is 0 Å². The number of fused-ring (bicyclic) bond motifs is 3. The van der Waals surface area contributed by atoms with Gasteiger partial charge in [-0.2, -0.15) is 0 Å². The number of quaternary nitrogens is 1. The van der Waals surface area contributed by atoms with E-state index < -0.39 is 181 Å². The van der Waals surface area contributed by atoms with E-state index in [1.165, 1.54) is 37.0 Å². The van der Waals surface area contributed by atoms with Gasteiger partial charge in [0.2, 0.25) is 76.7 Å². The number of likely N-dealkylation sites (N-methyl/N-ethyl adjacent to an activating group) is 1. The number of likely N-dealkylation sites (tertiary alicyclic amines) is 1. The smallest absolute Gasteiger partial charge is 0.279 e. The zero-order valence-electron chi connectivity index (χ0n) is 51.1. The molecule has 5 aliphatic rings. The maximum absolute atomic E-state index is 14.1. The zero-order valence-corrected chi connectivity index (χ0v) is 51.1. The molecule has 4 aliphatic heterocycles. The van der Waals surface area contributed by atoms with Crippen LogP contribution in [0.15, 0.2) is 51.8 Å². The molecule has 11 atom stereocenters. The number of nitrogens with one attached hydrogen (secondary N) is 12. The first kappa shape index (κ1) is 73.0. The van der Waals surface area contributed by atoms with E-state index in [1.807, 2.05) is 0 Å². The van der Waals surface area contributed by atoms with Crippen molar-refractivity contribution in [2.24, 2.45) is 27.9 Å². The van der Waals surface area contributed by atoms with Crippen LogP contribution in [0.1, 0.15) is 90.9 Å². The van der Waals surface area contributed by atoms with E-state index in [9.17, 15) is 87.7 Å². The molecule has 3 unspecified atom stereocenters. The van der Waals surface area contributed by atoms with Crippen LogP contribution in [0.4, 0.5) is 0 Å². The van der Waals surface area contributed by atoms with E-state index in [1.54, 1.807) is 7.05 Å². The second kappa shape index (κ2) is 34.4. The summed E-state index contributed by atoms with van der Waals surface area (Å²) < 4.78 is 0. The van der Waals surface area contributed by atoms with Crippen LogP contribution >= 0.6 is 0 Å². The van der Waals surface area contributed by atoms with Crippen molar-refractivity contribution in [3.8, 4) is 0 Å². The summed E-state index contributed by atoms with van der Waals surface area (Å²) in [5.41, 5.74) is 22.3. The number of unbranched alkanes of at least 4 members (excludes halogenated alkanes) is 1. The van der Waals surface area contributed by atoms with E-state index in [-0.39, 0.29) is 80.7 Å². The summed E-state index contributed by atoms with van der Waals surface area (Å²) in [6.07, 6.45) is 3.86. The average Bonchev–Trinajstić information content (AvgIpc) is 0.753. The summed E-state index contributed by atoms with van der Waals surface area (Å²) in [7, 11) is 1.59. The van der Waals surface area contributed by atoms with Crippen molar-refractivity contribution in [1.29, 1.82) is 0 Å². The van der Waals surface area contributed by atoms with Gasteiger partial charge < -0.3 is 102 Å². The fourth-order valence-electron chi connectivity index (χ4n) is 10.4. The first-order chi connectivity index (χ1) is 43.5. The highest BCUT2D eigenvalue weighted by molar-refractivity contribution is 6.00. The highest BCUT2D eigenvalue weighted by Gasteiger charge is 2.47. The molecule has 92 heavy (non-hydrogen) atoms. The van der Waals surface area contributed by atoms with Gasteiger partial charge in [-0.3, -0.25) is 82.2 Å². The molecule has 0 bridgehead atoms. The number of allylic oxidation sites excluding steroid dienone is 1. The highest BCUT2D eigenvalue weighted by atomic mass is 16.5. The van der Waals surface area contributed by atoms with Crippen LogP contribution in [0.2, 0.25) is 0 Å². The number of carbonyl (C=O) groups is 14.